The Kier molecular flexibility index (Phi) is 1.93. The second kappa shape index (κ2) is 2.96. The molecule has 1 aliphatic carbocycles. The number of ketones is 1. The molecule has 1 aromatic carbocycles. The molecule has 2 rings (SSSR count). The lowest BCUT2D eigenvalue weighted by Gasteiger charge is -2.04. The van der Waals surface area contributed by atoms with Crippen LogP contribution in [0.3, 0.4) is 0 Å². The molecule has 0 saturated carbocycles. The van der Waals surface area contributed by atoms with Crippen LogP contribution in [0.1, 0.15) is 40.9 Å². The number of aryl methyl sites for hydroxylation is 1. The van der Waals surface area contributed by atoms with Gasteiger partial charge in [0.25, 0.3) is 0 Å². The van der Waals surface area contributed by atoms with Crippen molar-refractivity contribution in [3.05, 3.63) is 34.9 Å². The van der Waals surface area contributed by atoms with Gasteiger partial charge >= 0.3 is 0 Å². The van der Waals surface area contributed by atoms with E-state index in [2.05, 4.69) is 13.0 Å². The second-order valence-electron chi connectivity index (χ2n) is 3.51. The van der Waals surface area contributed by atoms with Gasteiger partial charge in [-0.2, -0.15) is 0 Å². The molecular weight excluding hydrogens is 162 g/mol. The van der Waals surface area contributed by atoms with Crippen LogP contribution in [0, 0.1) is 0 Å². The maximum atomic E-state index is 11.5. The third-order valence-electron chi connectivity index (χ3n) is 2.63. The highest BCUT2D eigenvalue weighted by atomic mass is 16.1. The highest BCUT2D eigenvalue weighted by Crippen LogP contribution is 2.29. The largest absolute Gasteiger partial charge is 0.324 e. The summed E-state index contributed by atoms with van der Waals surface area (Å²) in [5, 5.41) is 0. The Morgan fingerprint density at radius 1 is 1.54 bits per heavy atom. The number of rotatable bonds is 1. The van der Waals surface area contributed by atoms with Gasteiger partial charge in [0, 0.05) is 18.0 Å². The highest BCUT2D eigenvalue weighted by Gasteiger charge is 2.26. The first-order valence-electron chi connectivity index (χ1n) is 4.64. The molecule has 0 aliphatic heterocycles. The molecule has 1 atom stereocenters. The molecule has 0 heterocycles. The van der Waals surface area contributed by atoms with Crippen LogP contribution in [0.25, 0.3) is 0 Å². The van der Waals surface area contributed by atoms with Crippen LogP contribution < -0.4 is 5.73 Å². The van der Waals surface area contributed by atoms with E-state index in [-0.39, 0.29) is 11.8 Å². The summed E-state index contributed by atoms with van der Waals surface area (Å²) in [7, 11) is 0. The van der Waals surface area contributed by atoms with Crippen molar-refractivity contribution < 1.29 is 4.79 Å². The summed E-state index contributed by atoms with van der Waals surface area (Å²) in [5.41, 5.74) is 8.87. The number of hydrogen-bond acceptors (Lipinski definition) is 2. The molecule has 0 spiro atoms. The minimum absolute atomic E-state index is 0.0755. The van der Waals surface area contributed by atoms with Crippen molar-refractivity contribution in [2.45, 2.75) is 25.8 Å². The number of benzene rings is 1. The summed E-state index contributed by atoms with van der Waals surface area (Å²) < 4.78 is 0. The number of carbonyl (C=O) groups excluding carboxylic acids is 1. The first kappa shape index (κ1) is 8.45. The normalized spacial score (nSPS) is 20.5. The number of nitrogens with two attached hydrogens (primary N) is 1. The van der Waals surface area contributed by atoms with Crippen LogP contribution in [0.5, 0.6) is 0 Å². The molecule has 1 unspecified atom stereocenters. The van der Waals surface area contributed by atoms with Gasteiger partial charge in [-0.05, 0) is 23.6 Å². The standard InChI is InChI=1S/C11H13NO/c1-2-7-3-4-8-9(5-7)11(13)6-10(8)12/h3-5,10H,2,6,12H2,1H3. The van der Waals surface area contributed by atoms with Crippen molar-refractivity contribution in [3.8, 4) is 0 Å². The first-order valence-corrected chi connectivity index (χ1v) is 4.64. The van der Waals surface area contributed by atoms with Crippen LogP contribution in [0.4, 0.5) is 0 Å². The zero-order valence-electron chi connectivity index (χ0n) is 7.71. The molecule has 2 nitrogen and oxygen atoms in total. The summed E-state index contributed by atoms with van der Waals surface area (Å²) in [4.78, 5) is 11.5. The first-order chi connectivity index (χ1) is 6.22. The predicted molar refractivity (Wildman–Crippen MR) is 51.7 cm³/mol. The van der Waals surface area contributed by atoms with Crippen molar-refractivity contribution in [1.82, 2.24) is 0 Å². The van der Waals surface area contributed by atoms with Crippen molar-refractivity contribution >= 4 is 5.78 Å². The van der Waals surface area contributed by atoms with Crippen molar-refractivity contribution in [2.24, 2.45) is 5.73 Å². The topological polar surface area (TPSA) is 43.1 Å². The third-order valence-corrected chi connectivity index (χ3v) is 2.63. The lowest BCUT2D eigenvalue weighted by Crippen LogP contribution is -2.05. The molecule has 2 N–H and O–H groups in total. The van der Waals surface area contributed by atoms with Crippen LogP contribution in [0.15, 0.2) is 18.2 Å². The van der Waals surface area contributed by atoms with E-state index in [0.29, 0.717) is 6.42 Å². The van der Waals surface area contributed by atoms with E-state index in [9.17, 15) is 4.79 Å². The number of carbonyl (C=O) groups is 1. The minimum atomic E-state index is -0.0755. The van der Waals surface area contributed by atoms with Gasteiger partial charge in [0.15, 0.2) is 5.78 Å². The zero-order valence-corrected chi connectivity index (χ0v) is 7.71. The Morgan fingerprint density at radius 2 is 2.31 bits per heavy atom. The Hall–Kier alpha value is -1.15. The minimum Gasteiger partial charge on any atom is -0.324 e. The van der Waals surface area contributed by atoms with Crippen LogP contribution >= 0.6 is 0 Å². The molecule has 0 aromatic heterocycles. The lowest BCUT2D eigenvalue weighted by molar-refractivity contribution is 0.0989. The summed E-state index contributed by atoms with van der Waals surface area (Å²) >= 11 is 0. The van der Waals surface area contributed by atoms with Gasteiger partial charge in [0.2, 0.25) is 0 Å². The van der Waals surface area contributed by atoms with E-state index < -0.39 is 0 Å². The zero-order chi connectivity index (χ0) is 9.42. The number of Topliss-reactive ketones (excluding diaryl/α,β-unsaturated/α-hetero) is 1. The number of hydrogen-bond donors (Lipinski definition) is 1. The number of fused-ring (bicyclic) bond motifs is 1. The summed E-state index contributed by atoms with van der Waals surface area (Å²) in [6.45, 7) is 2.08. The van der Waals surface area contributed by atoms with E-state index in [0.717, 1.165) is 17.5 Å². The average Bonchev–Trinajstić information content (AvgIpc) is 2.42. The second-order valence-corrected chi connectivity index (χ2v) is 3.51. The highest BCUT2D eigenvalue weighted by molar-refractivity contribution is 6.01. The quantitative estimate of drug-likeness (QED) is 0.707. The van der Waals surface area contributed by atoms with Gasteiger partial charge in [0.05, 0.1) is 0 Å². The molecule has 68 valence electrons. The fraction of sp³-hybridized carbons (Fsp3) is 0.364. The van der Waals surface area contributed by atoms with Crippen LogP contribution in [-0.2, 0) is 6.42 Å². The molecular formula is C11H13NO. The Bertz CT molecular complexity index is 357. The van der Waals surface area contributed by atoms with Crippen LogP contribution in [0.2, 0.25) is 0 Å². The summed E-state index contributed by atoms with van der Waals surface area (Å²) in [6.07, 6.45) is 1.44. The van der Waals surface area contributed by atoms with Gasteiger partial charge in [0.1, 0.15) is 0 Å². The van der Waals surface area contributed by atoms with Gasteiger partial charge in [-0.25, -0.2) is 0 Å². The monoisotopic (exact) mass is 175 g/mol. The molecule has 0 saturated heterocycles. The maximum absolute atomic E-state index is 11.5. The van der Waals surface area contributed by atoms with E-state index in [1.165, 1.54) is 5.56 Å². The van der Waals surface area contributed by atoms with E-state index >= 15 is 0 Å². The van der Waals surface area contributed by atoms with Crippen molar-refractivity contribution in [1.29, 1.82) is 0 Å². The predicted octanol–water partition coefficient (Wildman–Crippen LogP) is 1.84. The maximum Gasteiger partial charge on any atom is 0.165 e. The van der Waals surface area contributed by atoms with Gasteiger partial charge in [-0.15, -0.1) is 0 Å². The molecule has 0 bridgehead atoms. The molecule has 1 aromatic rings. The third kappa shape index (κ3) is 1.27. The SMILES string of the molecule is CCc1ccc2c(c1)C(=O)CC2N. The van der Waals surface area contributed by atoms with Gasteiger partial charge in [-0.1, -0.05) is 19.1 Å². The molecule has 0 fully saturated rings. The molecule has 2 heteroatoms. The molecule has 1 aliphatic rings. The van der Waals surface area contributed by atoms with Crippen molar-refractivity contribution in [3.63, 3.8) is 0 Å². The van der Waals surface area contributed by atoms with Gasteiger partial charge in [-0.3, -0.25) is 4.79 Å². The molecule has 13 heavy (non-hydrogen) atoms. The summed E-state index contributed by atoms with van der Waals surface area (Å²) in [6, 6.07) is 5.94. The van der Waals surface area contributed by atoms with Crippen LogP contribution in [-0.4, -0.2) is 5.78 Å². The smallest absolute Gasteiger partial charge is 0.165 e. The Balaban J connectivity index is 2.52. The lowest BCUT2D eigenvalue weighted by atomic mass is 10.0. The van der Waals surface area contributed by atoms with E-state index in [1.807, 2.05) is 12.1 Å². The Labute approximate surface area is 77.8 Å². The molecule has 0 radical (unpaired) electrons. The van der Waals surface area contributed by atoms with E-state index in [4.69, 9.17) is 5.73 Å². The Morgan fingerprint density at radius 3 is 3.00 bits per heavy atom. The van der Waals surface area contributed by atoms with Crippen molar-refractivity contribution in [2.75, 3.05) is 0 Å². The van der Waals surface area contributed by atoms with E-state index in [1.54, 1.807) is 0 Å². The van der Waals surface area contributed by atoms with Gasteiger partial charge < -0.3 is 5.73 Å². The molecule has 0 amide bonds. The fourth-order valence-electron chi connectivity index (χ4n) is 1.81. The fourth-order valence-corrected chi connectivity index (χ4v) is 1.81. The summed E-state index contributed by atoms with van der Waals surface area (Å²) in [5.74, 6) is 0.192. The average molecular weight is 175 g/mol.